The number of amides is 1. The van der Waals surface area contributed by atoms with E-state index in [0.717, 1.165) is 18.8 Å². The minimum absolute atomic E-state index is 0.0346. The van der Waals surface area contributed by atoms with Crippen molar-refractivity contribution >= 4 is 11.6 Å². The molecule has 1 amide bonds. The second-order valence-corrected chi connectivity index (χ2v) is 6.97. The maximum Gasteiger partial charge on any atom is 0.272 e. The van der Waals surface area contributed by atoms with E-state index in [-0.39, 0.29) is 5.91 Å². The summed E-state index contributed by atoms with van der Waals surface area (Å²) in [6, 6.07) is 18.2. The van der Waals surface area contributed by atoms with Gasteiger partial charge in [0.1, 0.15) is 5.69 Å². The highest BCUT2D eigenvalue weighted by Gasteiger charge is 2.20. The minimum Gasteiger partial charge on any atom is -0.371 e. The summed E-state index contributed by atoms with van der Waals surface area (Å²) >= 11 is 0. The monoisotopic (exact) mass is 360 g/mol. The first kappa shape index (κ1) is 17.3. The first-order valence-electron chi connectivity index (χ1n) is 9.40. The molecule has 0 bridgehead atoms. The van der Waals surface area contributed by atoms with Crippen molar-refractivity contribution in [2.24, 2.45) is 0 Å². The Hall–Kier alpha value is -3.08. The lowest BCUT2D eigenvalue weighted by molar-refractivity contribution is 0.0777. The van der Waals surface area contributed by atoms with Gasteiger partial charge in [0.25, 0.3) is 5.91 Å². The number of para-hydroxylation sites is 2. The fourth-order valence-corrected chi connectivity index (χ4v) is 3.68. The second kappa shape index (κ2) is 7.66. The van der Waals surface area contributed by atoms with Crippen LogP contribution in [0.4, 0.5) is 5.69 Å². The highest BCUT2D eigenvalue weighted by molar-refractivity contribution is 5.93. The molecular weight excluding hydrogens is 336 g/mol. The summed E-state index contributed by atoms with van der Waals surface area (Å²) in [7, 11) is 1.85. The number of carbonyl (C=O) groups is 1. The SMILES string of the molecule is CN(Cc1ccccc1N1CCCC1)C(=O)c1cncn1-c1ccccc1. The molecule has 0 radical (unpaired) electrons. The van der Waals surface area contributed by atoms with Crippen LogP contribution in [0.5, 0.6) is 0 Å². The zero-order valence-electron chi connectivity index (χ0n) is 15.6. The molecule has 0 unspecified atom stereocenters. The Morgan fingerprint density at radius 1 is 1.04 bits per heavy atom. The van der Waals surface area contributed by atoms with Crippen molar-refractivity contribution in [2.75, 3.05) is 25.0 Å². The highest BCUT2D eigenvalue weighted by atomic mass is 16.2. The van der Waals surface area contributed by atoms with Crippen molar-refractivity contribution in [3.05, 3.63) is 78.4 Å². The van der Waals surface area contributed by atoms with Gasteiger partial charge in [-0.3, -0.25) is 9.36 Å². The molecule has 1 aliphatic rings. The third-order valence-corrected chi connectivity index (χ3v) is 5.08. The first-order chi connectivity index (χ1) is 13.2. The van der Waals surface area contributed by atoms with Crippen molar-refractivity contribution in [1.29, 1.82) is 0 Å². The van der Waals surface area contributed by atoms with Gasteiger partial charge in [0.2, 0.25) is 0 Å². The van der Waals surface area contributed by atoms with Crippen LogP contribution >= 0.6 is 0 Å². The number of carbonyl (C=O) groups excluding carboxylic acids is 1. The van der Waals surface area contributed by atoms with E-state index in [0.29, 0.717) is 12.2 Å². The summed E-state index contributed by atoms with van der Waals surface area (Å²) < 4.78 is 1.84. The Balaban J connectivity index is 1.56. The molecule has 1 saturated heterocycles. The van der Waals surface area contributed by atoms with Crippen molar-refractivity contribution in [3.8, 4) is 5.69 Å². The Kier molecular flexibility index (Phi) is 4.92. The predicted molar refractivity (Wildman–Crippen MR) is 107 cm³/mol. The maximum absolute atomic E-state index is 13.1. The van der Waals surface area contributed by atoms with E-state index in [1.165, 1.54) is 24.1 Å². The van der Waals surface area contributed by atoms with Crippen LogP contribution in [0.1, 0.15) is 28.9 Å². The molecule has 0 N–H and O–H groups in total. The highest BCUT2D eigenvalue weighted by Crippen LogP contribution is 2.26. The fraction of sp³-hybridized carbons (Fsp3) is 0.273. The number of benzene rings is 2. The van der Waals surface area contributed by atoms with E-state index in [4.69, 9.17) is 0 Å². The molecule has 1 fully saturated rings. The van der Waals surface area contributed by atoms with Crippen LogP contribution in [0.3, 0.4) is 0 Å². The Morgan fingerprint density at radius 3 is 2.52 bits per heavy atom. The molecule has 5 nitrogen and oxygen atoms in total. The molecule has 4 rings (SSSR count). The molecule has 0 atom stereocenters. The van der Waals surface area contributed by atoms with Crippen LogP contribution in [0.2, 0.25) is 0 Å². The van der Waals surface area contributed by atoms with E-state index in [1.807, 2.05) is 48.0 Å². The van der Waals surface area contributed by atoms with Gasteiger partial charge in [-0.25, -0.2) is 4.98 Å². The van der Waals surface area contributed by atoms with E-state index >= 15 is 0 Å². The molecular formula is C22H24N4O. The van der Waals surface area contributed by atoms with Crippen LogP contribution in [0.25, 0.3) is 5.69 Å². The van der Waals surface area contributed by atoms with E-state index in [1.54, 1.807) is 17.4 Å². The summed E-state index contributed by atoms with van der Waals surface area (Å²) in [6.07, 6.45) is 5.80. The van der Waals surface area contributed by atoms with Gasteiger partial charge in [0.05, 0.1) is 12.5 Å². The van der Waals surface area contributed by atoms with Crippen molar-refractivity contribution in [2.45, 2.75) is 19.4 Å². The molecule has 0 saturated carbocycles. The largest absolute Gasteiger partial charge is 0.371 e. The van der Waals surface area contributed by atoms with E-state index < -0.39 is 0 Å². The zero-order valence-corrected chi connectivity index (χ0v) is 15.6. The van der Waals surface area contributed by atoms with Crippen molar-refractivity contribution in [1.82, 2.24) is 14.5 Å². The maximum atomic E-state index is 13.1. The average molecular weight is 360 g/mol. The van der Waals surface area contributed by atoms with Gasteiger partial charge in [-0.2, -0.15) is 0 Å². The quantitative estimate of drug-likeness (QED) is 0.696. The summed E-state index contributed by atoms with van der Waals surface area (Å²) in [5.74, 6) is -0.0346. The van der Waals surface area contributed by atoms with Crippen LogP contribution in [0, 0.1) is 0 Å². The topological polar surface area (TPSA) is 41.4 Å². The Labute approximate surface area is 159 Å². The van der Waals surface area contributed by atoms with Gasteiger partial charge in [-0.15, -0.1) is 0 Å². The van der Waals surface area contributed by atoms with E-state index in [9.17, 15) is 4.79 Å². The molecule has 0 aliphatic carbocycles. The molecule has 138 valence electrons. The molecule has 5 heteroatoms. The molecule has 0 spiro atoms. The first-order valence-corrected chi connectivity index (χ1v) is 9.40. The number of hydrogen-bond donors (Lipinski definition) is 0. The van der Waals surface area contributed by atoms with Gasteiger partial charge in [0, 0.05) is 38.1 Å². The van der Waals surface area contributed by atoms with Gasteiger partial charge in [0.15, 0.2) is 0 Å². The summed E-state index contributed by atoms with van der Waals surface area (Å²) in [5, 5.41) is 0. The van der Waals surface area contributed by atoms with Gasteiger partial charge in [-0.05, 0) is 36.6 Å². The van der Waals surface area contributed by atoms with Crippen LogP contribution in [0.15, 0.2) is 67.1 Å². The third-order valence-electron chi connectivity index (χ3n) is 5.08. The van der Waals surface area contributed by atoms with Crippen LogP contribution in [-0.4, -0.2) is 40.5 Å². The summed E-state index contributed by atoms with van der Waals surface area (Å²) in [4.78, 5) is 21.5. The number of aromatic nitrogens is 2. The molecule has 1 aromatic heterocycles. The number of hydrogen-bond acceptors (Lipinski definition) is 3. The molecule has 2 heterocycles. The van der Waals surface area contributed by atoms with Crippen molar-refractivity contribution in [3.63, 3.8) is 0 Å². The minimum atomic E-state index is -0.0346. The lowest BCUT2D eigenvalue weighted by Gasteiger charge is -2.24. The average Bonchev–Trinajstić information content (AvgIpc) is 3.40. The lowest BCUT2D eigenvalue weighted by Crippen LogP contribution is -2.29. The molecule has 3 aromatic rings. The van der Waals surface area contributed by atoms with Crippen molar-refractivity contribution < 1.29 is 4.79 Å². The standard InChI is InChI=1S/C22H24N4O/c1-24(16-18-9-5-6-12-20(18)25-13-7-8-14-25)22(27)21-15-23-17-26(21)19-10-3-2-4-11-19/h2-6,9-12,15,17H,7-8,13-14,16H2,1H3. The molecule has 27 heavy (non-hydrogen) atoms. The van der Waals surface area contributed by atoms with Crippen LogP contribution < -0.4 is 4.90 Å². The van der Waals surface area contributed by atoms with Crippen LogP contribution in [-0.2, 0) is 6.54 Å². The second-order valence-electron chi connectivity index (χ2n) is 6.97. The zero-order chi connectivity index (χ0) is 18.6. The number of anilines is 1. The van der Waals surface area contributed by atoms with E-state index in [2.05, 4.69) is 28.1 Å². The number of nitrogens with zero attached hydrogens (tertiary/aromatic N) is 4. The third kappa shape index (κ3) is 3.58. The smallest absolute Gasteiger partial charge is 0.272 e. The lowest BCUT2D eigenvalue weighted by atomic mass is 10.1. The number of imidazole rings is 1. The number of rotatable bonds is 5. The van der Waals surface area contributed by atoms with Gasteiger partial charge in [-0.1, -0.05) is 36.4 Å². The predicted octanol–water partition coefficient (Wildman–Crippen LogP) is 3.74. The summed E-state index contributed by atoms with van der Waals surface area (Å²) in [6.45, 7) is 2.76. The molecule has 1 aliphatic heterocycles. The molecule has 2 aromatic carbocycles. The van der Waals surface area contributed by atoms with Gasteiger partial charge >= 0.3 is 0 Å². The Bertz CT molecular complexity index is 913. The Morgan fingerprint density at radius 2 is 1.74 bits per heavy atom. The fourth-order valence-electron chi connectivity index (χ4n) is 3.68. The summed E-state index contributed by atoms with van der Waals surface area (Å²) in [5.41, 5.74) is 3.93. The van der Waals surface area contributed by atoms with Gasteiger partial charge < -0.3 is 9.80 Å². The normalized spacial score (nSPS) is 13.7.